The number of halogens is 3. The highest BCUT2D eigenvalue weighted by atomic mass is 32.2. The highest BCUT2D eigenvalue weighted by molar-refractivity contribution is 7.89. The second-order valence-electron chi connectivity index (χ2n) is 5.78. The van der Waals surface area contributed by atoms with Crippen LogP contribution in [-0.2, 0) is 14.8 Å². The number of carbonyl (C=O) groups excluding carboxylic acids is 1. The van der Waals surface area contributed by atoms with E-state index in [-0.39, 0.29) is 31.0 Å². The lowest BCUT2D eigenvalue weighted by Gasteiger charge is -2.33. The van der Waals surface area contributed by atoms with Gasteiger partial charge in [-0.05, 0) is 24.5 Å². The zero-order valence-corrected chi connectivity index (χ0v) is 13.2. The lowest BCUT2D eigenvalue weighted by Crippen LogP contribution is -2.49. The molecule has 2 aliphatic heterocycles. The smallest absolute Gasteiger partial charge is 0.404 e. The van der Waals surface area contributed by atoms with Crippen LogP contribution in [0.1, 0.15) is 12.8 Å². The number of nitrogens with zero attached hydrogens (tertiary/aromatic N) is 1. The Morgan fingerprint density at radius 1 is 1.25 bits per heavy atom. The van der Waals surface area contributed by atoms with Crippen LogP contribution in [0.5, 0.6) is 5.75 Å². The number of hydrogen-bond donors (Lipinski definition) is 1. The first kappa shape index (κ1) is 17.0. The van der Waals surface area contributed by atoms with Gasteiger partial charge in [0, 0.05) is 25.6 Å². The Labute approximate surface area is 136 Å². The zero-order valence-electron chi connectivity index (χ0n) is 12.4. The van der Waals surface area contributed by atoms with Crippen LogP contribution in [0.15, 0.2) is 29.2 Å². The molecule has 10 heteroatoms. The first-order chi connectivity index (χ1) is 11.2. The maximum Gasteiger partial charge on any atom is 0.573 e. The molecular formula is C14H15F3N2O4S. The molecule has 0 saturated carbocycles. The number of benzene rings is 1. The second kappa shape index (κ2) is 5.92. The van der Waals surface area contributed by atoms with Crippen molar-refractivity contribution in [2.75, 3.05) is 13.1 Å². The van der Waals surface area contributed by atoms with Gasteiger partial charge in [-0.2, -0.15) is 4.31 Å². The molecule has 2 heterocycles. The fourth-order valence-electron chi connectivity index (χ4n) is 3.11. The Bertz CT molecular complexity index is 751. The van der Waals surface area contributed by atoms with Gasteiger partial charge in [0.05, 0.1) is 0 Å². The fourth-order valence-corrected chi connectivity index (χ4v) is 4.71. The number of piperidine rings is 1. The second-order valence-corrected chi connectivity index (χ2v) is 7.69. The third kappa shape index (κ3) is 3.34. The van der Waals surface area contributed by atoms with E-state index in [4.69, 9.17) is 0 Å². The minimum Gasteiger partial charge on any atom is -0.404 e. The first-order valence-electron chi connectivity index (χ1n) is 7.31. The molecule has 1 aromatic rings. The van der Waals surface area contributed by atoms with E-state index in [2.05, 4.69) is 10.1 Å². The van der Waals surface area contributed by atoms with Gasteiger partial charge in [-0.1, -0.05) is 12.1 Å². The van der Waals surface area contributed by atoms with Crippen LogP contribution in [0.3, 0.4) is 0 Å². The molecule has 1 aromatic carbocycles. The molecule has 0 spiro atoms. The van der Waals surface area contributed by atoms with Crippen LogP contribution in [0.4, 0.5) is 13.2 Å². The number of carbonyl (C=O) groups is 1. The number of sulfonamides is 1. The first-order valence-corrected chi connectivity index (χ1v) is 8.75. The Balaban J connectivity index is 1.87. The lowest BCUT2D eigenvalue weighted by atomic mass is 9.94. The number of hydrogen-bond acceptors (Lipinski definition) is 4. The van der Waals surface area contributed by atoms with Crippen LogP contribution < -0.4 is 10.1 Å². The van der Waals surface area contributed by atoms with Crippen molar-refractivity contribution in [1.82, 2.24) is 9.62 Å². The SMILES string of the molecule is O=C1C[C@H]2CCN(S(=O)(=O)c3ccccc3OC(F)(F)F)C[C@H]2N1. The number of nitrogens with one attached hydrogen (secondary N) is 1. The maximum absolute atomic E-state index is 12.7. The molecule has 0 unspecified atom stereocenters. The molecule has 0 radical (unpaired) electrons. The summed E-state index contributed by atoms with van der Waals surface area (Å²) in [6.07, 6.45) is -4.16. The van der Waals surface area contributed by atoms with E-state index in [0.29, 0.717) is 12.8 Å². The van der Waals surface area contributed by atoms with Gasteiger partial charge in [0.15, 0.2) is 0 Å². The van der Waals surface area contributed by atoms with Crippen molar-refractivity contribution in [3.05, 3.63) is 24.3 Å². The summed E-state index contributed by atoms with van der Waals surface area (Å²) < 4.78 is 67.9. The maximum atomic E-state index is 12.7. The molecule has 132 valence electrons. The number of fused-ring (bicyclic) bond motifs is 1. The third-order valence-corrected chi connectivity index (χ3v) is 6.11. The molecule has 1 amide bonds. The minimum atomic E-state index is -4.99. The van der Waals surface area contributed by atoms with Crippen molar-refractivity contribution < 1.29 is 31.1 Å². The Hall–Kier alpha value is -1.81. The molecule has 3 rings (SSSR count). The number of amides is 1. The van der Waals surface area contributed by atoms with Gasteiger partial charge < -0.3 is 10.1 Å². The van der Waals surface area contributed by atoms with E-state index in [1.165, 1.54) is 12.1 Å². The predicted octanol–water partition coefficient (Wildman–Crippen LogP) is 1.48. The highest BCUT2D eigenvalue weighted by Crippen LogP contribution is 2.34. The average molecular weight is 364 g/mol. The summed E-state index contributed by atoms with van der Waals surface area (Å²) in [5.74, 6) is -0.835. The van der Waals surface area contributed by atoms with E-state index < -0.39 is 27.0 Å². The molecule has 0 aromatic heterocycles. The summed E-state index contributed by atoms with van der Waals surface area (Å²) in [6, 6.07) is 4.33. The number of rotatable bonds is 3. The number of ether oxygens (including phenoxy) is 1. The lowest BCUT2D eigenvalue weighted by molar-refractivity contribution is -0.275. The topological polar surface area (TPSA) is 75.7 Å². The Morgan fingerprint density at radius 2 is 1.96 bits per heavy atom. The molecule has 2 saturated heterocycles. The molecule has 6 nitrogen and oxygen atoms in total. The van der Waals surface area contributed by atoms with Crippen LogP contribution in [-0.4, -0.2) is 44.1 Å². The summed E-state index contributed by atoms with van der Waals surface area (Å²) in [6.45, 7) is 0.192. The van der Waals surface area contributed by atoms with Gasteiger partial charge in [0.25, 0.3) is 0 Å². The van der Waals surface area contributed by atoms with Gasteiger partial charge in [-0.25, -0.2) is 8.42 Å². The van der Waals surface area contributed by atoms with Gasteiger partial charge in [0.2, 0.25) is 15.9 Å². The quantitative estimate of drug-likeness (QED) is 0.882. The van der Waals surface area contributed by atoms with Crippen molar-refractivity contribution in [3.63, 3.8) is 0 Å². The molecule has 0 bridgehead atoms. The predicted molar refractivity (Wildman–Crippen MR) is 76.5 cm³/mol. The van der Waals surface area contributed by atoms with Crippen molar-refractivity contribution in [2.24, 2.45) is 5.92 Å². The van der Waals surface area contributed by atoms with E-state index in [9.17, 15) is 26.4 Å². The molecule has 2 fully saturated rings. The van der Waals surface area contributed by atoms with E-state index in [0.717, 1.165) is 16.4 Å². The summed E-state index contributed by atoms with van der Waals surface area (Å²) in [7, 11) is -4.16. The van der Waals surface area contributed by atoms with Gasteiger partial charge in [0.1, 0.15) is 10.6 Å². The summed E-state index contributed by atoms with van der Waals surface area (Å²) >= 11 is 0. The van der Waals surface area contributed by atoms with E-state index >= 15 is 0 Å². The van der Waals surface area contributed by atoms with E-state index in [1.54, 1.807) is 0 Å². The number of para-hydroxylation sites is 1. The molecule has 1 N–H and O–H groups in total. The Kier molecular flexibility index (Phi) is 4.20. The van der Waals surface area contributed by atoms with Crippen molar-refractivity contribution in [2.45, 2.75) is 30.1 Å². The van der Waals surface area contributed by atoms with Crippen molar-refractivity contribution >= 4 is 15.9 Å². The molecule has 24 heavy (non-hydrogen) atoms. The molecule has 2 atom stereocenters. The normalized spacial score (nSPS) is 25.2. The summed E-state index contributed by atoms with van der Waals surface area (Å²) in [5.41, 5.74) is 0. The van der Waals surface area contributed by atoms with Crippen molar-refractivity contribution in [1.29, 1.82) is 0 Å². The molecular weight excluding hydrogens is 349 g/mol. The summed E-state index contributed by atoms with van der Waals surface area (Å²) in [4.78, 5) is 10.9. The summed E-state index contributed by atoms with van der Waals surface area (Å²) in [5, 5.41) is 2.71. The van der Waals surface area contributed by atoms with Crippen LogP contribution in [0.25, 0.3) is 0 Å². The molecule has 0 aliphatic carbocycles. The zero-order chi connectivity index (χ0) is 17.5. The van der Waals surface area contributed by atoms with E-state index in [1.807, 2.05) is 0 Å². The Morgan fingerprint density at radius 3 is 2.67 bits per heavy atom. The largest absolute Gasteiger partial charge is 0.573 e. The van der Waals surface area contributed by atoms with Crippen LogP contribution in [0.2, 0.25) is 0 Å². The highest BCUT2D eigenvalue weighted by Gasteiger charge is 2.42. The average Bonchev–Trinajstić information content (AvgIpc) is 2.85. The third-order valence-electron chi connectivity index (χ3n) is 4.21. The van der Waals surface area contributed by atoms with Crippen LogP contribution >= 0.6 is 0 Å². The standard InChI is InChI=1S/C14H15F3N2O4S/c15-14(16,17)23-11-3-1-2-4-12(11)24(21,22)19-6-5-9-7-13(20)18-10(9)8-19/h1-4,9-10H,5-8H2,(H,18,20)/t9-,10-/m1/s1. The van der Waals surface area contributed by atoms with Crippen molar-refractivity contribution in [3.8, 4) is 5.75 Å². The van der Waals surface area contributed by atoms with Gasteiger partial charge in [-0.15, -0.1) is 13.2 Å². The minimum absolute atomic E-state index is 0.0408. The molecule has 2 aliphatic rings. The number of alkyl halides is 3. The van der Waals surface area contributed by atoms with Crippen LogP contribution in [0, 0.1) is 5.92 Å². The monoisotopic (exact) mass is 364 g/mol. The fraction of sp³-hybridized carbons (Fsp3) is 0.500. The van der Waals surface area contributed by atoms with Gasteiger partial charge >= 0.3 is 6.36 Å². The van der Waals surface area contributed by atoms with Gasteiger partial charge in [-0.3, -0.25) is 4.79 Å².